The Bertz CT molecular complexity index is 127. The molecule has 0 unspecified atom stereocenters. The number of aliphatic hydroxyl groups is 2. The van der Waals surface area contributed by atoms with E-state index in [0.29, 0.717) is 30.8 Å². The largest absolute Gasteiger partial charge is 0.391 e. The maximum Gasteiger partial charge on any atom is 0.103 e. The highest BCUT2D eigenvalue weighted by Crippen LogP contribution is 2.06. The van der Waals surface area contributed by atoms with Crippen LogP contribution in [0.2, 0.25) is 0 Å². The minimum Gasteiger partial charge on any atom is -0.391 e. The standard InChI is InChI=1S/C10H24NO4/c1-14-9-5-11(3-7-12,4-8-13)6-10-15-2/h12-13H,3-10H2,1-2H3/q+1. The van der Waals surface area contributed by atoms with Crippen molar-refractivity contribution in [3.63, 3.8) is 0 Å². The Morgan fingerprint density at radius 2 is 1.20 bits per heavy atom. The second kappa shape index (κ2) is 9.06. The van der Waals surface area contributed by atoms with Crippen molar-refractivity contribution in [1.29, 1.82) is 0 Å². The number of hydrogen-bond acceptors (Lipinski definition) is 4. The van der Waals surface area contributed by atoms with E-state index in [1.54, 1.807) is 14.2 Å². The lowest BCUT2D eigenvalue weighted by atomic mass is 10.3. The molecule has 0 spiro atoms. The van der Waals surface area contributed by atoms with E-state index < -0.39 is 0 Å². The van der Waals surface area contributed by atoms with Gasteiger partial charge in [0.15, 0.2) is 0 Å². The average Bonchev–Trinajstić information content (AvgIpc) is 2.24. The molecule has 0 bridgehead atoms. The number of aliphatic hydroxyl groups excluding tert-OH is 2. The molecule has 0 fully saturated rings. The summed E-state index contributed by atoms with van der Waals surface area (Å²) in [5.41, 5.74) is 0. The number of rotatable bonds is 10. The Hall–Kier alpha value is -0.200. The molecule has 0 aromatic carbocycles. The van der Waals surface area contributed by atoms with Crippen LogP contribution in [0.25, 0.3) is 0 Å². The lowest BCUT2D eigenvalue weighted by Crippen LogP contribution is -2.55. The van der Waals surface area contributed by atoms with Crippen LogP contribution in [0, 0.1) is 0 Å². The van der Waals surface area contributed by atoms with E-state index in [2.05, 4.69) is 0 Å². The van der Waals surface area contributed by atoms with Crippen molar-refractivity contribution in [2.75, 3.05) is 66.8 Å². The van der Waals surface area contributed by atoms with Crippen molar-refractivity contribution in [2.24, 2.45) is 0 Å². The van der Waals surface area contributed by atoms with E-state index in [-0.39, 0.29) is 13.2 Å². The van der Waals surface area contributed by atoms with E-state index in [1.807, 2.05) is 0 Å². The summed E-state index contributed by atoms with van der Waals surface area (Å²) in [5, 5.41) is 18.1. The molecule has 5 heteroatoms. The van der Waals surface area contributed by atoms with E-state index in [4.69, 9.17) is 19.7 Å². The van der Waals surface area contributed by atoms with Gasteiger partial charge in [-0.05, 0) is 0 Å². The normalized spacial score (nSPS) is 12.0. The molecule has 0 rings (SSSR count). The van der Waals surface area contributed by atoms with Crippen molar-refractivity contribution in [2.45, 2.75) is 0 Å². The van der Waals surface area contributed by atoms with Gasteiger partial charge < -0.3 is 24.2 Å². The molecule has 0 amide bonds. The van der Waals surface area contributed by atoms with Gasteiger partial charge in [-0.1, -0.05) is 0 Å². The van der Waals surface area contributed by atoms with Crippen molar-refractivity contribution in [3.05, 3.63) is 0 Å². The molecule has 0 heterocycles. The number of nitrogens with zero attached hydrogens (tertiary/aromatic N) is 1. The summed E-state index contributed by atoms with van der Waals surface area (Å²) in [5.74, 6) is 0. The molecule has 0 aliphatic carbocycles. The second-order valence-electron chi connectivity index (χ2n) is 3.67. The molecular weight excluding hydrogens is 198 g/mol. The lowest BCUT2D eigenvalue weighted by Gasteiger charge is -2.37. The molecule has 0 aromatic heterocycles. The van der Waals surface area contributed by atoms with Gasteiger partial charge in [0.05, 0.1) is 26.4 Å². The fourth-order valence-corrected chi connectivity index (χ4v) is 1.66. The zero-order valence-electron chi connectivity index (χ0n) is 9.81. The Morgan fingerprint density at radius 1 is 0.800 bits per heavy atom. The molecular formula is C10H24NO4+. The van der Waals surface area contributed by atoms with Gasteiger partial charge in [-0.3, -0.25) is 0 Å². The molecule has 5 nitrogen and oxygen atoms in total. The van der Waals surface area contributed by atoms with Crippen LogP contribution < -0.4 is 0 Å². The van der Waals surface area contributed by atoms with Crippen molar-refractivity contribution in [3.8, 4) is 0 Å². The van der Waals surface area contributed by atoms with Crippen LogP contribution in [0.15, 0.2) is 0 Å². The quantitative estimate of drug-likeness (QED) is 0.469. The Labute approximate surface area is 91.8 Å². The maximum atomic E-state index is 9.05. The Balaban J connectivity index is 4.26. The van der Waals surface area contributed by atoms with Gasteiger partial charge in [0.2, 0.25) is 0 Å². The molecule has 0 atom stereocenters. The van der Waals surface area contributed by atoms with Gasteiger partial charge >= 0.3 is 0 Å². The van der Waals surface area contributed by atoms with Crippen LogP contribution in [0.3, 0.4) is 0 Å². The first-order valence-electron chi connectivity index (χ1n) is 5.29. The van der Waals surface area contributed by atoms with Crippen LogP contribution in [0.4, 0.5) is 0 Å². The third-order valence-corrected chi connectivity index (χ3v) is 2.69. The predicted octanol–water partition coefficient (Wildman–Crippen LogP) is -0.919. The van der Waals surface area contributed by atoms with E-state index >= 15 is 0 Å². The monoisotopic (exact) mass is 222 g/mol. The molecule has 0 saturated carbocycles. The Kier molecular flexibility index (Phi) is 8.94. The number of hydrogen-bond donors (Lipinski definition) is 2. The van der Waals surface area contributed by atoms with Gasteiger partial charge in [-0.25, -0.2) is 0 Å². The number of ether oxygens (including phenoxy) is 2. The topological polar surface area (TPSA) is 58.9 Å². The minimum absolute atomic E-state index is 0.118. The van der Waals surface area contributed by atoms with Crippen molar-refractivity contribution >= 4 is 0 Å². The maximum absolute atomic E-state index is 9.05. The first kappa shape index (κ1) is 14.8. The summed E-state index contributed by atoms with van der Waals surface area (Å²) in [6, 6.07) is 0. The smallest absolute Gasteiger partial charge is 0.103 e. The summed E-state index contributed by atoms with van der Waals surface area (Å²) in [7, 11) is 3.31. The van der Waals surface area contributed by atoms with Gasteiger partial charge in [0.25, 0.3) is 0 Å². The summed E-state index contributed by atoms with van der Waals surface area (Å²) in [6.45, 7) is 4.34. The second-order valence-corrected chi connectivity index (χ2v) is 3.67. The molecule has 2 N–H and O–H groups in total. The summed E-state index contributed by atoms with van der Waals surface area (Å²) in [4.78, 5) is 0. The highest BCUT2D eigenvalue weighted by Gasteiger charge is 2.25. The van der Waals surface area contributed by atoms with Crippen LogP contribution in [-0.4, -0.2) is 81.5 Å². The first-order chi connectivity index (χ1) is 7.24. The minimum atomic E-state index is 0.118. The van der Waals surface area contributed by atoms with Crippen molar-refractivity contribution < 1.29 is 24.2 Å². The molecule has 0 aromatic rings. The fourth-order valence-electron chi connectivity index (χ4n) is 1.66. The van der Waals surface area contributed by atoms with E-state index in [9.17, 15) is 0 Å². The molecule has 15 heavy (non-hydrogen) atoms. The van der Waals surface area contributed by atoms with Crippen LogP contribution >= 0.6 is 0 Å². The van der Waals surface area contributed by atoms with E-state index in [1.165, 1.54) is 0 Å². The highest BCUT2D eigenvalue weighted by atomic mass is 16.5. The van der Waals surface area contributed by atoms with E-state index in [0.717, 1.165) is 13.1 Å². The van der Waals surface area contributed by atoms with Crippen LogP contribution in [0.1, 0.15) is 0 Å². The van der Waals surface area contributed by atoms with Crippen molar-refractivity contribution in [1.82, 2.24) is 0 Å². The zero-order valence-corrected chi connectivity index (χ0v) is 9.81. The SMILES string of the molecule is COCC[N+](CCO)(CCO)CCOC. The molecule has 0 aliphatic rings. The number of methoxy groups -OCH3 is 2. The van der Waals surface area contributed by atoms with Crippen LogP contribution in [-0.2, 0) is 9.47 Å². The average molecular weight is 222 g/mol. The van der Waals surface area contributed by atoms with Gasteiger partial charge in [-0.2, -0.15) is 0 Å². The summed E-state index contributed by atoms with van der Waals surface area (Å²) < 4.78 is 10.7. The molecule has 0 aliphatic heterocycles. The van der Waals surface area contributed by atoms with Gasteiger partial charge in [-0.15, -0.1) is 0 Å². The molecule has 92 valence electrons. The van der Waals surface area contributed by atoms with Gasteiger partial charge in [0.1, 0.15) is 26.2 Å². The lowest BCUT2D eigenvalue weighted by molar-refractivity contribution is -0.929. The summed E-state index contributed by atoms with van der Waals surface area (Å²) >= 11 is 0. The van der Waals surface area contributed by atoms with Gasteiger partial charge in [0, 0.05) is 14.2 Å². The highest BCUT2D eigenvalue weighted by molar-refractivity contribution is 4.45. The molecule has 0 saturated heterocycles. The first-order valence-corrected chi connectivity index (χ1v) is 5.29. The predicted molar refractivity (Wildman–Crippen MR) is 57.7 cm³/mol. The zero-order chi connectivity index (χ0) is 11.6. The molecule has 0 radical (unpaired) electrons. The third-order valence-electron chi connectivity index (χ3n) is 2.69. The number of quaternary nitrogens is 1. The summed E-state index contributed by atoms with van der Waals surface area (Å²) in [6.07, 6.45) is 0. The Morgan fingerprint density at radius 3 is 1.47 bits per heavy atom. The fraction of sp³-hybridized carbons (Fsp3) is 1.00. The van der Waals surface area contributed by atoms with Crippen LogP contribution in [0.5, 0.6) is 0 Å². The third kappa shape index (κ3) is 6.06.